The SMILES string of the molecule is NC(=O)c1ccc(-c2ccc3nc(NCc4ccc(S(N)(=O)=O)cc4)nc(C4CC4)c3n2)cc1. The van der Waals surface area contributed by atoms with E-state index in [4.69, 9.17) is 20.8 Å². The summed E-state index contributed by atoms with van der Waals surface area (Å²) in [5.74, 6) is 0.369. The molecule has 1 amide bonds. The topological polar surface area (TPSA) is 154 Å². The number of fused-ring (bicyclic) bond motifs is 1. The molecule has 1 fully saturated rings. The predicted molar refractivity (Wildman–Crippen MR) is 128 cm³/mol. The van der Waals surface area contributed by atoms with Crippen molar-refractivity contribution in [1.82, 2.24) is 15.0 Å². The molecule has 2 aromatic carbocycles. The van der Waals surface area contributed by atoms with Crippen LogP contribution in [0.4, 0.5) is 5.95 Å². The molecule has 4 aromatic rings. The van der Waals surface area contributed by atoms with Gasteiger partial charge in [0.15, 0.2) is 0 Å². The molecule has 10 heteroatoms. The van der Waals surface area contributed by atoms with E-state index in [-0.39, 0.29) is 4.90 Å². The normalized spacial score (nSPS) is 13.7. The van der Waals surface area contributed by atoms with Crippen molar-refractivity contribution in [1.29, 1.82) is 0 Å². The van der Waals surface area contributed by atoms with Gasteiger partial charge in [0.05, 0.1) is 21.8 Å². The number of primary amides is 1. The fraction of sp³-hybridized carbons (Fsp3) is 0.167. The second-order valence-corrected chi connectivity index (χ2v) is 9.82. The molecule has 2 aromatic heterocycles. The quantitative estimate of drug-likeness (QED) is 0.372. The molecule has 0 bridgehead atoms. The standard InChI is InChI=1S/C24H22N6O3S/c25-23(31)17-7-3-15(4-8-17)19-11-12-20-22(28-19)21(16-5-6-16)30-24(29-20)27-13-14-1-9-18(10-2-14)34(26,32)33/h1-4,7-12,16H,5-6,13H2,(H2,25,31)(H2,26,32,33)(H,27,29,30). The third-order valence-electron chi connectivity index (χ3n) is 5.70. The van der Waals surface area contributed by atoms with E-state index in [0.29, 0.717) is 24.0 Å². The maximum Gasteiger partial charge on any atom is 0.248 e. The molecule has 5 N–H and O–H groups in total. The van der Waals surface area contributed by atoms with Gasteiger partial charge in [-0.2, -0.15) is 0 Å². The Kier molecular flexibility index (Phi) is 5.46. The van der Waals surface area contributed by atoms with Gasteiger partial charge in [0, 0.05) is 23.6 Å². The zero-order valence-corrected chi connectivity index (χ0v) is 18.9. The molecule has 0 unspecified atom stereocenters. The molecular formula is C24H22N6O3S. The number of nitrogens with one attached hydrogen (secondary N) is 1. The van der Waals surface area contributed by atoms with E-state index in [1.807, 2.05) is 24.3 Å². The summed E-state index contributed by atoms with van der Waals surface area (Å²) in [6.45, 7) is 0.429. The number of amides is 1. The Morgan fingerprint density at radius 3 is 2.26 bits per heavy atom. The van der Waals surface area contributed by atoms with Crippen LogP contribution in [0.2, 0.25) is 0 Å². The van der Waals surface area contributed by atoms with E-state index in [9.17, 15) is 13.2 Å². The van der Waals surface area contributed by atoms with Crippen LogP contribution in [0.1, 0.15) is 40.4 Å². The van der Waals surface area contributed by atoms with Crippen molar-refractivity contribution in [2.75, 3.05) is 5.32 Å². The fourth-order valence-corrected chi connectivity index (χ4v) is 4.22. The van der Waals surface area contributed by atoms with Crippen molar-refractivity contribution in [3.8, 4) is 11.3 Å². The number of sulfonamides is 1. The Bertz CT molecular complexity index is 1500. The lowest BCUT2D eigenvalue weighted by molar-refractivity contribution is 0.100. The van der Waals surface area contributed by atoms with E-state index in [0.717, 1.165) is 46.4 Å². The number of pyridine rings is 1. The van der Waals surface area contributed by atoms with E-state index in [1.165, 1.54) is 12.1 Å². The first-order valence-electron chi connectivity index (χ1n) is 10.7. The summed E-state index contributed by atoms with van der Waals surface area (Å²) in [6, 6.07) is 17.2. The number of aromatic nitrogens is 3. The van der Waals surface area contributed by atoms with Crippen LogP contribution in [-0.2, 0) is 16.6 Å². The van der Waals surface area contributed by atoms with Gasteiger partial charge in [-0.1, -0.05) is 24.3 Å². The van der Waals surface area contributed by atoms with Crippen molar-refractivity contribution >= 4 is 32.9 Å². The minimum Gasteiger partial charge on any atom is -0.366 e. The van der Waals surface area contributed by atoms with Crippen molar-refractivity contribution in [2.24, 2.45) is 10.9 Å². The number of hydrogen-bond acceptors (Lipinski definition) is 7. The van der Waals surface area contributed by atoms with Gasteiger partial charge in [-0.15, -0.1) is 0 Å². The largest absolute Gasteiger partial charge is 0.366 e. The fourth-order valence-electron chi connectivity index (χ4n) is 3.70. The highest BCUT2D eigenvalue weighted by atomic mass is 32.2. The smallest absolute Gasteiger partial charge is 0.248 e. The summed E-state index contributed by atoms with van der Waals surface area (Å²) in [4.78, 5) is 25.6. The monoisotopic (exact) mass is 474 g/mol. The van der Waals surface area contributed by atoms with Gasteiger partial charge in [0.1, 0.15) is 5.52 Å². The van der Waals surface area contributed by atoms with E-state index in [1.54, 1.807) is 24.3 Å². The molecular weight excluding hydrogens is 452 g/mol. The summed E-state index contributed by atoms with van der Waals surface area (Å²) < 4.78 is 22.9. The van der Waals surface area contributed by atoms with Gasteiger partial charge >= 0.3 is 0 Å². The second kappa shape index (κ2) is 8.47. The Balaban J connectivity index is 1.42. The lowest BCUT2D eigenvalue weighted by Gasteiger charge is -2.11. The van der Waals surface area contributed by atoms with Crippen molar-refractivity contribution < 1.29 is 13.2 Å². The first-order chi connectivity index (χ1) is 16.3. The van der Waals surface area contributed by atoms with Crippen molar-refractivity contribution in [3.63, 3.8) is 0 Å². The minimum atomic E-state index is -3.72. The number of anilines is 1. The predicted octanol–water partition coefficient (Wildman–Crippen LogP) is 2.93. The average molecular weight is 475 g/mol. The summed E-state index contributed by atoms with van der Waals surface area (Å²) >= 11 is 0. The number of benzene rings is 2. The number of nitrogens with two attached hydrogens (primary N) is 2. The number of nitrogens with zero attached hydrogens (tertiary/aromatic N) is 3. The molecule has 0 aliphatic heterocycles. The highest BCUT2D eigenvalue weighted by Crippen LogP contribution is 2.42. The summed E-state index contributed by atoms with van der Waals surface area (Å²) in [5.41, 5.74) is 10.7. The lowest BCUT2D eigenvalue weighted by Crippen LogP contribution is -2.12. The first-order valence-corrected chi connectivity index (χ1v) is 12.3. The highest BCUT2D eigenvalue weighted by Gasteiger charge is 2.29. The van der Waals surface area contributed by atoms with Gasteiger partial charge in [-0.05, 0) is 54.8 Å². The number of rotatable bonds is 7. The Morgan fingerprint density at radius 1 is 0.941 bits per heavy atom. The zero-order valence-electron chi connectivity index (χ0n) is 18.1. The molecule has 34 heavy (non-hydrogen) atoms. The summed E-state index contributed by atoms with van der Waals surface area (Å²) in [7, 11) is -3.72. The zero-order chi connectivity index (χ0) is 23.9. The first kappa shape index (κ1) is 21.9. The van der Waals surface area contributed by atoms with E-state index >= 15 is 0 Å². The number of carbonyl (C=O) groups is 1. The number of carbonyl (C=O) groups excluding carboxylic acids is 1. The van der Waals surface area contributed by atoms with Gasteiger partial charge in [-0.3, -0.25) is 4.79 Å². The van der Waals surface area contributed by atoms with E-state index in [2.05, 4.69) is 10.3 Å². The number of primary sulfonamides is 1. The minimum absolute atomic E-state index is 0.0698. The van der Waals surface area contributed by atoms with Crippen LogP contribution in [-0.4, -0.2) is 29.3 Å². The second-order valence-electron chi connectivity index (χ2n) is 8.26. The third-order valence-corrected chi connectivity index (χ3v) is 6.63. The summed E-state index contributed by atoms with van der Waals surface area (Å²) in [6.07, 6.45) is 2.11. The lowest BCUT2D eigenvalue weighted by atomic mass is 10.1. The van der Waals surface area contributed by atoms with Crippen LogP contribution in [0.3, 0.4) is 0 Å². The molecule has 0 saturated heterocycles. The van der Waals surface area contributed by atoms with Crippen LogP contribution in [0.25, 0.3) is 22.3 Å². The van der Waals surface area contributed by atoms with Crippen LogP contribution >= 0.6 is 0 Å². The molecule has 0 radical (unpaired) electrons. The molecule has 9 nitrogen and oxygen atoms in total. The molecule has 1 aliphatic carbocycles. The Labute approximate surface area is 196 Å². The van der Waals surface area contributed by atoms with Crippen LogP contribution in [0, 0.1) is 0 Å². The van der Waals surface area contributed by atoms with E-state index < -0.39 is 15.9 Å². The van der Waals surface area contributed by atoms with Crippen LogP contribution < -0.4 is 16.2 Å². The molecule has 0 atom stereocenters. The van der Waals surface area contributed by atoms with Gasteiger partial charge in [0.25, 0.3) is 0 Å². The highest BCUT2D eigenvalue weighted by molar-refractivity contribution is 7.89. The molecule has 2 heterocycles. The van der Waals surface area contributed by atoms with Gasteiger partial charge in [-0.25, -0.2) is 28.5 Å². The average Bonchev–Trinajstić information content (AvgIpc) is 3.67. The van der Waals surface area contributed by atoms with Gasteiger partial charge < -0.3 is 11.1 Å². The summed E-state index contributed by atoms with van der Waals surface area (Å²) in [5, 5.41) is 8.38. The molecule has 1 saturated carbocycles. The molecule has 172 valence electrons. The molecule has 0 spiro atoms. The Morgan fingerprint density at radius 2 is 1.65 bits per heavy atom. The molecule has 5 rings (SSSR count). The Hall–Kier alpha value is -3.89. The van der Waals surface area contributed by atoms with Crippen molar-refractivity contribution in [2.45, 2.75) is 30.2 Å². The maximum atomic E-state index is 11.4. The van der Waals surface area contributed by atoms with Crippen LogP contribution in [0.15, 0.2) is 65.6 Å². The van der Waals surface area contributed by atoms with Gasteiger partial charge in [0.2, 0.25) is 21.9 Å². The van der Waals surface area contributed by atoms with Crippen molar-refractivity contribution in [3.05, 3.63) is 77.5 Å². The van der Waals surface area contributed by atoms with Crippen LogP contribution in [0.5, 0.6) is 0 Å². The maximum absolute atomic E-state index is 11.4. The molecule has 1 aliphatic rings. The number of hydrogen-bond donors (Lipinski definition) is 3. The third kappa shape index (κ3) is 4.59.